The second kappa shape index (κ2) is 7.00. The largest absolute Gasteiger partial charge is 0.474 e. The molecule has 1 fully saturated rings. The van der Waals surface area contributed by atoms with Crippen molar-refractivity contribution in [3.05, 3.63) is 48.4 Å². The molecule has 1 aliphatic heterocycles. The lowest BCUT2D eigenvalue weighted by atomic mass is 10.1. The Morgan fingerprint density at radius 3 is 2.64 bits per heavy atom. The van der Waals surface area contributed by atoms with Crippen LogP contribution in [0, 0.1) is 0 Å². The number of hydrogen-bond donors (Lipinski definition) is 1. The first-order valence-corrected chi connectivity index (χ1v) is 7.23. The smallest absolute Gasteiger partial charge is 0.257 e. The molecular formula is C16H17N3O3. The van der Waals surface area contributed by atoms with Crippen LogP contribution in [0.2, 0.25) is 0 Å². The third kappa shape index (κ3) is 3.79. The average molecular weight is 299 g/mol. The van der Waals surface area contributed by atoms with Crippen molar-refractivity contribution in [2.24, 2.45) is 0 Å². The lowest BCUT2D eigenvalue weighted by Crippen LogP contribution is -2.26. The number of amides is 1. The van der Waals surface area contributed by atoms with Gasteiger partial charge in [0.15, 0.2) is 0 Å². The van der Waals surface area contributed by atoms with Gasteiger partial charge in [0.1, 0.15) is 6.10 Å². The molecule has 0 aromatic carbocycles. The Labute approximate surface area is 128 Å². The first kappa shape index (κ1) is 14.5. The van der Waals surface area contributed by atoms with Crippen molar-refractivity contribution in [3.8, 4) is 5.88 Å². The van der Waals surface area contributed by atoms with Crippen molar-refractivity contribution in [2.45, 2.75) is 18.9 Å². The fourth-order valence-corrected chi connectivity index (χ4v) is 2.19. The Hall–Kier alpha value is -2.47. The van der Waals surface area contributed by atoms with Crippen molar-refractivity contribution < 1.29 is 14.3 Å². The van der Waals surface area contributed by atoms with Crippen LogP contribution >= 0.6 is 0 Å². The third-order valence-electron chi connectivity index (χ3n) is 3.39. The van der Waals surface area contributed by atoms with E-state index >= 15 is 0 Å². The summed E-state index contributed by atoms with van der Waals surface area (Å²) in [6.07, 6.45) is 6.64. The minimum atomic E-state index is -0.212. The Morgan fingerprint density at radius 1 is 1.18 bits per heavy atom. The summed E-state index contributed by atoms with van der Waals surface area (Å²) < 4.78 is 11.1. The maximum Gasteiger partial charge on any atom is 0.257 e. The molecule has 0 spiro atoms. The highest BCUT2D eigenvalue weighted by Gasteiger charge is 2.16. The van der Waals surface area contributed by atoms with Crippen molar-refractivity contribution in [3.63, 3.8) is 0 Å². The highest BCUT2D eigenvalue weighted by atomic mass is 16.5. The second-order valence-electron chi connectivity index (χ2n) is 5.00. The van der Waals surface area contributed by atoms with E-state index in [4.69, 9.17) is 9.47 Å². The number of nitrogens with one attached hydrogen (secondary N) is 1. The summed E-state index contributed by atoms with van der Waals surface area (Å²) in [6, 6.07) is 6.89. The first-order chi connectivity index (χ1) is 10.8. The summed E-state index contributed by atoms with van der Waals surface area (Å²) in [7, 11) is 0. The molecule has 114 valence electrons. The second-order valence-corrected chi connectivity index (χ2v) is 5.00. The summed E-state index contributed by atoms with van der Waals surface area (Å²) in [5.74, 6) is 0.323. The molecule has 6 heteroatoms. The standard InChI is InChI=1S/C16H17N3O3/c20-16(19-13-3-7-17-8-4-13)12-1-2-15(18-11-12)22-14-5-9-21-10-6-14/h1-4,7-8,11,14H,5-6,9-10H2,(H,17,19,20). The van der Waals surface area contributed by atoms with Gasteiger partial charge in [-0.1, -0.05) is 0 Å². The summed E-state index contributed by atoms with van der Waals surface area (Å²) in [5.41, 5.74) is 1.18. The van der Waals surface area contributed by atoms with E-state index in [1.54, 1.807) is 36.7 Å². The maximum absolute atomic E-state index is 12.1. The first-order valence-electron chi connectivity index (χ1n) is 7.23. The molecule has 0 aliphatic carbocycles. The summed E-state index contributed by atoms with van der Waals surface area (Å²) in [6.45, 7) is 1.44. The number of hydrogen-bond acceptors (Lipinski definition) is 5. The number of ether oxygens (including phenoxy) is 2. The molecule has 2 aromatic rings. The predicted molar refractivity (Wildman–Crippen MR) is 80.9 cm³/mol. The van der Waals surface area contributed by atoms with Crippen LogP contribution < -0.4 is 10.1 Å². The highest BCUT2D eigenvalue weighted by Crippen LogP contribution is 2.16. The molecule has 6 nitrogen and oxygen atoms in total. The van der Waals surface area contributed by atoms with E-state index in [1.807, 2.05) is 0 Å². The van der Waals surface area contributed by atoms with Crippen LogP contribution in [0.3, 0.4) is 0 Å². The number of anilines is 1. The summed E-state index contributed by atoms with van der Waals surface area (Å²) >= 11 is 0. The van der Waals surface area contributed by atoms with Crippen molar-refractivity contribution in [1.82, 2.24) is 9.97 Å². The fourth-order valence-electron chi connectivity index (χ4n) is 2.19. The Morgan fingerprint density at radius 2 is 1.95 bits per heavy atom. The number of nitrogens with zero attached hydrogens (tertiary/aromatic N) is 2. The minimum Gasteiger partial charge on any atom is -0.474 e. The predicted octanol–water partition coefficient (Wildman–Crippen LogP) is 2.29. The molecule has 1 amide bonds. The normalized spacial score (nSPS) is 15.3. The maximum atomic E-state index is 12.1. The van der Waals surface area contributed by atoms with E-state index in [0.29, 0.717) is 17.1 Å². The van der Waals surface area contributed by atoms with Crippen LogP contribution in [-0.2, 0) is 4.74 Å². The molecule has 3 rings (SSSR count). The zero-order chi connectivity index (χ0) is 15.2. The molecule has 0 saturated carbocycles. The number of rotatable bonds is 4. The Bertz CT molecular complexity index is 610. The monoisotopic (exact) mass is 299 g/mol. The van der Waals surface area contributed by atoms with E-state index < -0.39 is 0 Å². The lowest BCUT2D eigenvalue weighted by Gasteiger charge is -2.22. The number of aromatic nitrogens is 2. The molecule has 2 aromatic heterocycles. The van der Waals surface area contributed by atoms with Crippen LogP contribution in [-0.4, -0.2) is 35.2 Å². The van der Waals surface area contributed by atoms with Gasteiger partial charge in [-0.05, 0) is 18.2 Å². The zero-order valence-electron chi connectivity index (χ0n) is 12.1. The number of pyridine rings is 2. The molecule has 22 heavy (non-hydrogen) atoms. The third-order valence-corrected chi connectivity index (χ3v) is 3.39. The van der Waals surface area contributed by atoms with E-state index in [2.05, 4.69) is 15.3 Å². The van der Waals surface area contributed by atoms with E-state index in [1.165, 1.54) is 6.20 Å². The van der Waals surface area contributed by atoms with Crippen molar-refractivity contribution in [1.29, 1.82) is 0 Å². The molecule has 0 radical (unpaired) electrons. The van der Waals surface area contributed by atoms with Crippen LogP contribution in [0.5, 0.6) is 5.88 Å². The molecule has 3 heterocycles. The highest BCUT2D eigenvalue weighted by molar-refractivity contribution is 6.04. The van der Waals surface area contributed by atoms with Gasteiger partial charge in [-0.2, -0.15) is 0 Å². The molecule has 1 saturated heterocycles. The van der Waals surface area contributed by atoms with E-state index in [0.717, 1.165) is 26.1 Å². The minimum absolute atomic E-state index is 0.137. The lowest BCUT2D eigenvalue weighted by molar-refractivity contribution is 0.0237. The van der Waals surface area contributed by atoms with Gasteiger partial charge in [-0.15, -0.1) is 0 Å². The topological polar surface area (TPSA) is 73.3 Å². The quantitative estimate of drug-likeness (QED) is 0.937. The summed E-state index contributed by atoms with van der Waals surface area (Å²) in [5, 5.41) is 2.78. The molecule has 1 N–H and O–H groups in total. The Balaban J connectivity index is 1.59. The molecule has 0 unspecified atom stereocenters. The van der Waals surface area contributed by atoms with Crippen LogP contribution in [0.25, 0.3) is 0 Å². The molecule has 1 aliphatic rings. The SMILES string of the molecule is O=C(Nc1ccncc1)c1ccc(OC2CCOCC2)nc1. The molecule has 0 bridgehead atoms. The van der Waals surface area contributed by atoms with Gasteiger partial charge in [-0.25, -0.2) is 4.98 Å². The molecule has 0 atom stereocenters. The van der Waals surface area contributed by atoms with Gasteiger partial charge in [0.2, 0.25) is 5.88 Å². The number of carbonyl (C=O) groups excluding carboxylic acids is 1. The van der Waals surface area contributed by atoms with Gasteiger partial charge in [0.25, 0.3) is 5.91 Å². The Kier molecular flexibility index (Phi) is 4.60. The van der Waals surface area contributed by atoms with Crippen LogP contribution in [0.1, 0.15) is 23.2 Å². The zero-order valence-corrected chi connectivity index (χ0v) is 12.1. The van der Waals surface area contributed by atoms with Gasteiger partial charge in [0.05, 0.1) is 18.8 Å². The van der Waals surface area contributed by atoms with Gasteiger partial charge in [0, 0.05) is 43.2 Å². The average Bonchev–Trinajstić information content (AvgIpc) is 2.57. The van der Waals surface area contributed by atoms with Crippen molar-refractivity contribution in [2.75, 3.05) is 18.5 Å². The van der Waals surface area contributed by atoms with E-state index in [-0.39, 0.29) is 12.0 Å². The van der Waals surface area contributed by atoms with E-state index in [9.17, 15) is 4.79 Å². The van der Waals surface area contributed by atoms with Gasteiger partial charge >= 0.3 is 0 Å². The fraction of sp³-hybridized carbons (Fsp3) is 0.312. The summed E-state index contributed by atoms with van der Waals surface area (Å²) in [4.78, 5) is 20.2. The molecular weight excluding hydrogens is 282 g/mol. The van der Waals surface area contributed by atoms with Gasteiger partial charge in [-0.3, -0.25) is 9.78 Å². The van der Waals surface area contributed by atoms with Crippen molar-refractivity contribution >= 4 is 11.6 Å². The number of carbonyl (C=O) groups is 1. The van der Waals surface area contributed by atoms with Gasteiger partial charge < -0.3 is 14.8 Å². The van der Waals surface area contributed by atoms with Crippen LogP contribution in [0.15, 0.2) is 42.9 Å². The van der Waals surface area contributed by atoms with Crippen LogP contribution in [0.4, 0.5) is 5.69 Å².